The molecule has 0 radical (unpaired) electrons. The molecule has 0 heterocycles. The van der Waals surface area contributed by atoms with Gasteiger partial charge in [-0.25, -0.2) is 0 Å². The maximum absolute atomic E-state index is 11.1. The lowest BCUT2D eigenvalue weighted by Crippen LogP contribution is -2.17. The van der Waals surface area contributed by atoms with E-state index < -0.39 is 4.92 Å². The summed E-state index contributed by atoms with van der Waals surface area (Å²) in [6.07, 6.45) is 6.14. The highest BCUT2D eigenvalue weighted by atomic mass is 16.6. The number of nitriles is 1. The van der Waals surface area contributed by atoms with Crippen molar-refractivity contribution in [3.8, 4) is 6.07 Å². The predicted octanol–water partition coefficient (Wildman–Crippen LogP) is 3.46. The summed E-state index contributed by atoms with van der Waals surface area (Å²) in [6.45, 7) is 0.746. The van der Waals surface area contributed by atoms with Crippen LogP contribution >= 0.6 is 0 Å². The number of nitrogens with one attached hydrogen (secondary N) is 1. The molecule has 0 spiro atoms. The number of nitro groups is 1. The Labute approximate surface area is 112 Å². The first-order valence-corrected chi connectivity index (χ1v) is 6.63. The van der Waals surface area contributed by atoms with E-state index in [4.69, 9.17) is 5.26 Å². The lowest BCUT2D eigenvalue weighted by atomic mass is 9.89. The van der Waals surface area contributed by atoms with Gasteiger partial charge in [-0.3, -0.25) is 10.1 Å². The van der Waals surface area contributed by atoms with E-state index in [9.17, 15) is 10.1 Å². The molecule has 0 bridgehead atoms. The molecule has 1 aliphatic rings. The highest BCUT2D eigenvalue weighted by molar-refractivity contribution is 5.68. The minimum Gasteiger partial charge on any atom is -0.379 e. The van der Waals surface area contributed by atoms with Gasteiger partial charge in [-0.2, -0.15) is 5.26 Å². The zero-order valence-corrected chi connectivity index (χ0v) is 10.8. The van der Waals surface area contributed by atoms with Crippen molar-refractivity contribution >= 4 is 11.4 Å². The quantitative estimate of drug-likeness (QED) is 0.663. The van der Waals surface area contributed by atoms with Crippen molar-refractivity contribution in [2.75, 3.05) is 11.9 Å². The number of hydrogen-bond donors (Lipinski definition) is 1. The molecule has 0 aliphatic heterocycles. The fourth-order valence-corrected chi connectivity index (χ4v) is 2.62. The third-order valence-corrected chi connectivity index (χ3v) is 3.64. The molecule has 0 atom stereocenters. The number of benzene rings is 1. The molecule has 0 unspecified atom stereocenters. The standard InChI is InChI=1S/C14H17N3O2/c15-9-12-7-4-8-13(14(12)17(18)19)16-10-11-5-2-1-3-6-11/h4,7-8,11,16H,1-3,5-6,10H2. The van der Waals surface area contributed by atoms with E-state index in [1.807, 2.05) is 6.07 Å². The monoisotopic (exact) mass is 259 g/mol. The Balaban J connectivity index is 2.11. The zero-order chi connectivity index (χ0) is 13.7. The van der Waals surface area contributed by atoms with Crippen molar-refractivity contribution in [2.45, 2.75) is 32.1 Å². The van der Waals surface area contributed by atoms with Crippen LogP contribution in [0.25, 0.3) is 0 Å². The number of nitrogens with zero attached hydrogens (tertiary/aromatic N) is 2. The van der Waals surface area contributed by atoms with Crippen molar-refractivity contribution in [3.05, 3.63) is 33.9 Å². The number of anilines is 1. The Bertz CT molecular complexity index is 502. The number of nitro benzene ring substituents is 1. The molecule has 0 saturated heterocycles. The van der Waals surface area contributed by atoms with Crippen LogP contribution in [-0.4, -0.2) is 11.5 Å². The maximum Gasteiger partial charge on any atom is 0.309 e. The van der Waals surface area contributed by atoms with Gasteiger partial charge in [-0.1, -0.05) is 25.3 Å². The number of hydrogen-bond acceptors (Lipinski definition) is 4. The van der Waals surface area contributed by atoms with Crippen molar-refractivity contribution in [1.29, 1.82) is 5.26 Å². The van der Waals surface area contributed by atoms with Crippen LogP contribution in [0.5, 0.6) is 0 Å². The van der Waals surface area contributed by atoms with Crippen LogP contribution in [0, 0.1) is 27.4 Å². The first kappa shape index (κ1) is 13.3. The molecule has 19 heavy (non-hydrogen) atoms. The van der Waals surface area contributed by atoms with E-state index in [0.717, 1.165) is 6.54 Å². The molecule has 1 N–H and O–H groups in total. The van der Waals surface area contributed by atoms with Crippen LogP contribution in [0.4, 0.5) is 11.4 Å². The fourth-order valence-electron chi connectivity index (χ4n) is 2.62. The third-order valence-electron chi connectivity index (χ3n) is 3.64. The molecule has 5 heteroatoms. The topological polar surface area (TPSA) is 79.0 Å². The molecular formula is C14H17N3O2. The molecule has 5 nitrogen and oxygen atoms in total. The van der Waals surface area contributed by atoms with Gasteiger partial charge in [0, 0.05) is 6.54 Å². The highest BCUT2D eigenvalue weighted by Gasteiger charge is 2.20. The molecular weight excluding hydrogens is 242 g/mol. The maximum atomic E-state index is 11.1. The SMILES string of the molecule is N#Cc1cccc(NCC2CCCCC2)c1[N+](=O)[O-]. The molecule has 1 saturated carbocycles. The Morgan fingerprint density at radius 3 is 2.74 bits per heavy atom. The first-order valence-electron chi connectivity index (χ1n) is 6.63. The van der Waals surface area contributed by atoms with Crippen molar-refractivity contribution in [2.24, 2.45) is 5.92 Å². The normalized spacial score (nSPS) is 15.7. The van der Waals surface area contributed by atoms with Crippen LogP contribution in [0.2, 0.25) is 0 Å². The minimum absolute atomic E-state index is 0.110. The Morgan fingerprint density at radius 2 is 2.11 bits per heavy atom. The molecule has 2 rings (SSSR count). The lowest BCUT2D eigenvalue weighted by molar-refractivity contribution is -0.384. The van der Waals surface area contributed by atoms with Gasteiger partial charge < -0.3 is 5.32 Å². The largest absolute Gasteiger partial charge is 0.379 e. The summed E-state index contributed by atoms with van der Waals surface area (Å²) >= 11 is 0. The van der Waals surface area contributed by atoms with Gasteiger partial charge in [0.2, 0.25) is 0 Å². The van der Waals surface area contributed by atoms with Crippen molar-refractivity contribution in [3.63, 3.8) is 0 Å². The fraction of sp³-hybridized carbons (Fsp3) is 0.500. The number of para-hydroxylation sites is 1. The Hall–Kier alpha value is -2.09. The van der Waals surface area contributed by atoms with Crippen molar-refractivity contribution in [1.82, 2.24) is 0 Å². The Morgan fingerprint density at radius 1 is 1.37 bits per heavy atom. The van der Waals surface area contributed by atoms with Gasteiger partial charge >= 0.3 is 5.69 Å². The van der Waals surface area contributed by atoms with Gasteiger partial charge in [0.05, 0.1) is 4.92 Å². The molecule has 1 aromatic rings. The summed E-state index contributed by atoms with van der Waals surface area (Å²) in [5.74, 6) is 0.582. The van der Waals surface area contributed by atoms with Crippen LogP contribution in [-0.2, 0) is 0 Å². The summed E-state index contributed by atoms with van der Waals surface area (Å²) in [5.41, 5.74) is 0.453. The van der Waals surface area contributed by atoms with Crippen LogP contribution in [0.3, 0.4) is 0 Å². The summed E-state index contributed by atoms with van der Waals surface area (Å²) in [5, 5.41) is 23.1. The molecule has 100 valence electrons. The zero-order valence-electron chi connectivity index (χ0n) is 10.8. The van der Waals surface area contributed by atoms with E-state index in [0.29, 0.717) is 11.6 Å². The van der Waals surface area contributed by atoms with E-state index in [2.05, 4.69) is 5.32 Å². The van der Waals surface area contributed by atoms with E-state index in [-0.39, 0.29) is 11.3 Å². The average Bonchev–Trinajstić information content (AvgIpc) is 2.45. The van der Waals surface area contributed by atoms with Crippen LogP contribution < -0.4 is 5.32 Å². The molecule has 0 aromatic heterocycles. The minimum atomic E-state index is -0.484. The second-order valence-corrected chi connectivity index (χ2v) is 4.96. The molecule has 1 fully saturated rings. The lowest BCUT2D eigenvalue weighted by Gasteiger charge is -2.22. The Kier molecular flexibility index (Phi) is 4.35. The smallest absolute Gasteiger partial charge is 0.309 e. The van der Waals surface area contributed by atoms with Gasteiger partial charge in [0.15, 0.2) is 0 Å². The van der Waals surface area contributed by atoms with Crippen molar-refractivity contribution < 1.29 is 4.92 Å². The summed E-state index contributed by atoms with van der Waals surface area (Å²) in [6, 6.07) is 6.69. The molecule has 1 aliphatic carbocycles. The van der Waals surface area contributed by atoms with Gasteiger partial charge in [0.25, 0.3) is 0 Å². The molecule has 1 aromatic carbocycles. The first-order chi connectivity index (χ1) is 9.22. The average molecular weight is 259 g/mol. The second-order valence-electron chi connectivity index (χ2n) is 4.96. The highest BCUT2D eigenvalue weighted by Crippen LogP contribution is 2.30. The summed E-state index contributed by atoms with van der Waals surface area (Å²) in [7, 11) is 0. The van der Waals surface area contributed by atoms with Gasteiger partial charge in [-0.05, 0) is 30.9 Å². The van der Waals surface area contributed by atoms with Crippen LogP contribution in [0.1, 0.15) is 37.7 Å². The predicted molar refractivity (Wildman–Crippen MR) is 72.9 cm³/mol. The third kappa shape index (κ3) is 3.22. The van der Waals surface area contributed by atoms with E-state index in [1.54, 1.807) is 12.1 Å². The number of rotatable bonds is 4. The van der Waals surface area contributed by atoms with E-state index in [1.165, 1.54) is 38.2 Å². The summed E-state index contributed by atoms with van der Waals surface area (Å²) in [4.78, 5) is 10.6. The second kappa shape index (κ2) is 6.19. The molecule has 0 amide bonds. The summed E-state index contributed by atoms with van der Waals surface area (Å²) < 4.78 is 0. The van der Waals surface area contributed by atoms with Crippen LogP contribution in [0.15, 0.2) is 18.2 Å². The van der Waals surface area contributed by atoms with Gasteiger partial charge in [-0.15, -0.1) is 0 Å². The van der Waals surface area contributed by atoms with E-state index >= 15 is 0 Å². The van der Waals surface area contributed by atoms with Gasteiger partial charge in [0.1, 0.15) is 17.3 Å².